The highest BCUT2D eigenvalue weighted by Crippen LogP contribution is 2.28. The van der Waals surface area contributed by atoms with E-state index in [-0.39, 0.29) is 18.3 Å². The van der Waals surface area contributed by atoms with Gasteiger partial charge in [0.1, 0.15) is 11.5 Å². The molecule has 1 aromatic rings. The molecule has 0 radical (unpaired) electrons. The van der Waals surface area contributed by atoms with Crippen molar-refractivity contribution in [1.29, 1.82) is 0 Å². The van der Waals surface area contributed by atoms with Crippen LogP contribution < -0.4 is 5.32 Å². The van der Waals surface area contributed by atoms with Gasteiger partial charge in [-0.2, -0.15) is 13.2 Å². The first-order valence-electron chi connectivity index (χ1n) is 4.82. The minimum atomic E-state index is -4.43. The summed E-state index contributed by atoms with van der Waals surface area (Å²) in [6.07, 6.45) is -4.43. The van der Waals surface area contributed by atoms with Crippen LogP contribution in [0.2, 0.25) is 0 Å². The topological polar surface area (TPSA) is 45.1 Å². The maximum atomic E-state index is 12.3. The van der Waals surface area contributed by atoms with Crippen LogP contribution in [0.15, 0.2) is 18.2 Å². The number of rotatable bonds is 4. The molecule has 0 aliphatic heterocycles. The van der Waals surface area contributed by atoms with Crippen LogP contribution in [0.25, 0.3) is 0 Å². The first-order chi connectivity index (χ1) is 7.43. The Bertz CT molecular complexity index is 341. The number of halogens is 3. The lowest BCUT2D eigenvalue weighted by molar-refractivity contribution is -0.141. The van der Waals surface area contributed by atoms with Crippen LogP contribution in [0.3, 0.4) is 0 Å². The predicted molar refractivity (Wildman–Crippen MR) is 54.0 cm³/mol. The summed E-state index contributed by atoms with van der Waals surface area (Å²) in [5, 5.41) is 11.5. The van der Waals surface area contributed by atoms with Crippen molar-refractivity contribution in [3.05, 3.63) is 23.9 Å². The lowest BCUT2D eigenvalue weighted by Gasteiger charge is -2.11. The predicted octanol–water partition coefficient (Wildman–Crippen LogP) is 2.14. The number of aliphatic hydroxyl groups is 1. The second-order valence-corrected chi connectivity index (χ2v) is 3.57. The molecule has 1 unspecified atom stereocenters. The molecule has 0 saturated heterocycles. The zero-order valence-corrected chi connectivity index (χ0v) is 8.75. The van der Waals surface area contributed by atoms with E-state index in [1.807, 2.05) is 0 Å². The Labute approximate surface area is 91.3 Å². The number of alkyl halides is 3. The molecule has 1 atom stereocenters. The van der Waals surface area contributed by atoms with E-state index in [1.165, 1.54) is 12.1 Å². The van der Waals surface area contributed by atoms with Gasteiger partial charge >= 0.3 is 6.18 Å². The SMILES string of the molecule is CC(CO)CNc1cccc(C(F)(F)F)n1. The Balaban J connectivity index is 2.68. The minimum absolute atomic E-state index is 0.0219. The van der Waals surface area contributed by atoms with Crippen LogP contribution in [0.5, 0.6) is 0 Å². The maximum absolute atomic E-state index is 12.3. The van der Waals surface area contributed by atoms with E-state index in [4.69, 9.17) is 5.11 Å². The number of aliphatic hydroxyl groups excluding tert-OH is 1. The van der Waals surface area contributed by atoms with Crippen molar-refractivity contribution in [3.8, 4) is 0 Å². The molecule has 0 spiro atoms. The van der Waals surface area contributed by atoms with Gasteiger partial charge in [0.2, 0.25) is 0 Å². The second kappa shape index (κ2) is 5.16. The Hall–Kier alpha value is -1.30. The molecule has 0 aliphatic carbocycles. The summed E-state index contributed by atoms with van der Waals surface area (Å²) in [4.78, 5) is 3.43. The van der Waals surface area contributed by atoms with Gasteiger partial charge in [-0.3, -0.25) is 0 Å². The fourth-order valence-corrected chi connectivity index (χ4v) is 1.03. The number of pyridine rings is 1. The van der Waals surface area contributed by atoms with Gasteiger partial charge in [-0.05, 0) is 18.1 Å². The molecule has 0 aliphatic rings. The highest BCUT2D eigenvalue weighted by molar-refractivity contribution is 5.35. The number of aromatic nitrogens is 1. The van der Waals surface area contributed by atoms with Gasteiger partial charge in [0.15, 0.2) is 0 Å². The number of nitrogens with zero attached hydrogens (tertiary/aromatic N) is 1. The molecule has 0 aromatic carbocycles. The van der Waals surface area contributed by atoms with Crippen molar-refractivity contribution in [1.82, 2.24) is 4.98 Å². The maximum Gasteiger partial charge on any atom is 0.433 e. The molecule has 1 heterocycles. The molecular weight excluding hydrogens is 221 g/mol. The Kier molecular flexibility index (Phi) is 4.12. The Morgan fingerprint density at radius 1 is 1.44 bits per heavy atom. The van der Waals surface area contributed by atoms with Crippen molar-refractivity contribution in [3.63, 3.8) is 0 Å². The van der Waals surface area contributed by atoms with Crippen LogP contribution in [-0.4, -0.2) is 23.2 Å². The molecule has 0 bridgehead atoms. The largest absolute Gasteiger partial charge is 0.433 e. The fraction of sp³-hybridized carbons (Fsp3) is 0.500. The number of hydrogen-bond donors (Lipinski definition) is 2. The smallest absolute Gasteiger partial charge is 0.396 e. The molecule has 16 heavy (non-hydrogen) atoms. The zero-order valence-electron chi connectivity index (χ0n) is 8.75. The van der Waals surface area contributed by atoms with Gasteiger partial charge < -0.3 is 10.4 Å². The number of hydrogen-bond acceptors (Lipinski definition) is 3. The summed E-state index contributed by atoms with van der Waals surface area (Å²) in [6, 6.07) is 3.67. The van der Waals surface area contributed by atoms with Gasteiger partial charge in [0.25, 0.3) is 0 Å². The van der Waals surface area contributed by atoms with E-state index < -0.39 is 11.9 Å². The van der Waals surface area contributed by atoms with Crippen LogP contribution in [0.1, 0.15) is 12.6 Å². The molecule has 0 fully saturated rings. The van der Waals surface area contributed by atoms with E-state index in [2.05, 4.69) is 10.3 Å². The van der Waals surface area contributed by atoms with Gasteiger partial charge in [-0.25, -0.2) is 4.98 Å². The van der Waals surface area contributed by atoms with Crippen LogP contribution in [0.4, 0.5) is 19.0 Å². The summed E-state index contributed by atoms with van der Waals surface area (Å²) < 4.78 is 36.9. The van der Waals surface area contributed by atoms with Crippen LogP contribution in [0, 0.1) is 5.92 Å². The van der Waals surface area contributed by atoms with E-state index >= 15 is 0 Å². The van der Waals surface area contributed by atoms with E-state index in [0.717, 1.165) is 6.07 Å². The van der Waals surface area contributed by atoms with Crippen molar-refractivity contribution >= 4 is 5.82 Å². The fourth-order valence-electron chi connectivity index (χ4n) is 1.03. The Morgan fingerprint density at radius 2 is 2.12 bits per heavy atom. The van der Waals surface area contributed by atoms with Gasteiger partial charge in [-0.1, -0.05) is 13.0 Å². The quantitative estimate of drug-likeness (QED) is 0.839. The molecule has 0 saturated carbocycles. The molecule has 1 rings (SSSR count). The lowest BCUT2D eigenvalue weighted by atomic mass is 10.2. The summed E-state index contributed by atoms with van der Waals surface area (Å²) in [5.41, 5.74) is -0.922. The zero-order chi connectivity index (χ0) is 12.2. The standard InChI is InChI=1S/C10H13F3N2O/c1-7(6-16)5-14-9-4-2-3-8(15-9)10(11,12)13/h2-4,7,16H,5-6H2,1H3,(H,14,15). The van der Waals surface area contributed by atoms with E-state index in [0.29, 0.717) is 6.54 Å². The van der Waals surface area contributed by atoms with Crippen LogP contribution >= 0.6 is 0 Å². The van der Waals surface area contributed by atoms with Crippen molar-refractivity contribution in [2.75, 3.05) is 18.5 Å². The number of anilines is 1. The number of nitrogens with one attached hydrogen (secondary N) is 1. The van der Waals surface area contributed by atoms with Gasteiger partial charge in [-0.15, -0.1) is 0 Å². The van der Waals surface area contributed by atoms with E-state index in [9.17, 15) is 13.2 Å². The lowest BCUT2D eigenvalue weighted by Crippen LogP contribution is -2.16. The normalized spacial score (nSPS) is 13.6. The average molecular weight is 234 g/mol. The van der Waals surface area contributed by atoms with Crippen molar-refractivity contribution in [2.45, 2.75) is 13.1 Å². The van der Waals surface area contributed by atoms with Gasteiger partial charge in [0, 0.05) is 13.2 Å². The van der Waals surface area contributed by atoms with Crippen molar-refractivity contribution in [2.24, 2.45) is 5.92 Å². The third kappa shape index (κ3) is 3.69. The summed E-state index contributed by atoms with van der Waals surface area (Å²) in [5.74, 6) is 0.131. The molecule has 1 aromatic heterocycles. The molecule has 6 heteroatoms. The van der Waals surface area contributed by atoms with Gasteiger partial charge in [0.05, 0.1) is 0 Å². The van der Waals surface area contributed by atoms with E-state index in [1.54, 1.807) is 6.92 Å². The molecule has 90 valence electrons. The average Bonchev–Trinajstić information content (AvgIpc) is 2.25. The molecule has 2 N–H and O–H groups in total. The Morgan fingerprint density at radius 3 is 2.69 bits per heavy atom. The second-order valence-electron chi connectivity index (χ2n) is 3.57. The highest BCUT2D eigenvalue weighted by Gasteiger charge is 2.32. The molecular formula is C10H13F3N2O. The molecule has 0 amide bonds. The first-order valence-corrected chi connectivity index (χ1v) is 4.82. The first kappa shape index (κ1) is 12.8. The molecule has 3 nitrogen and oxygen atoms in total. The summed E-state index contributed by atoms with van der Waals surface area (Å²) >= 11 is 0. The summed E-state index contributed by atoms with van der Waals surface area (Å²) in [7, 11) is 0. The third-order valence-corrected chi connectivity index (χ3v) is 1.98. The van der Waals surface area contributed by atoms with Crippen molar-refractivity contribution < 1.29 is 18.3 Å². The monoisotopic (exact) mass is 234 g/mol. The highest BCUT2D eigenvalue weighted by atomic mass is 19.4. The van der Waals surface area contributed by atoms with Crippen LogP contribution in [-0.2, 0) is 6.18 Å². The third-order valence-electron chi connectivity index (χ3n) is 1.98. The minimum Gasteiger partial charge on any atom is -0.396 e. The summed E-state index contributed by atoms with van der Waals surface area (Å²) in [6.45, 7) is 2.14.